The molecule has 0 saturated heterocycles. The summed E-state index contributed by atoms with van der Waals surface area (Å²) in [7, 11) is 0. The highest BCUT2D eigenvalue weighted by molar-refractivity contribution is 9.10. The summed E-state index contributed by atoms with van der Waals surface area (Å²) in [6.07, 6.45) is 0. The highest BCUT2D eigenvalue weighted by Gasteiger charge is 2.15. The van der Waals surface area contributed by atoms with Gasteiger partial charge in [-0.1, -0.05) is 35.9 Å². The van der Waals surface area contributed by atoms with E-state index in [4.69, 9.17) is 22.1 Å². The lowest BCUT2D eigenvalue weighted by Gasteiger charge is -2.17. The van der Waals surface area contributed by atoms with Gasteiger partial charge in [0.25, 0.3) is 0 Å². The second-order valence-electron chi connectivity index (χ2n) is 4.58. The second kappa shape index (κ2) is 6.61. The van der Waals surface area contributed by atoms with Gasteiger partial charge in [0.1, 0.15) is 5.75 Å². The minimum absolute atomic E-state index is 0.255. The molecule has 2 rings (SSSR count). The second-order valence-corrected chi connectivity index (χ2v) is 5.81. The SMILES string of the molecule is CCOc1ccc(C(N)c2cccc(C)c2Cl)cc1Br. The van der Waals surface area contributed by atoms with E-state index >= 15 is 0 Å². The summed E-state index contributed by atoms with van der Waals surface area (Å²) in [5, 5.41) is 0.727. The van der Waals surface area contributed by atoms with Crippen LogP contribution in [-0.4, -0.2) is 6.61 Å². The summed E-state index contributed by atoms with van der Waals surface area (Å²) in [4.78, 5) is 0. The lowest BCUT2D eigenvalue weighted by molar-refractivity contribution is 0.338. The highest BCUT2D eigenvalue weighted by Crippen LogP contribution is 2.33. The van der Waals surface area contributed by atoms with E-state index in [1.54, 1.807) is 0 Å². The normalized spacial score (nSPS) is 12.2. The number of hydrogen-bond acceptors (Lipinski definition) is 2. The summed E-state index contributed by atoms with van der Waals surface area (Å²) < 4.78 is 6.41. The third kappa shape index (κ3) is 3.17. The van der Waals surface area contributed by atoms with Crippen LogP contribution in [0.25, 0.3) is 0 Å². The first-order valence-electron chi connectivity index (χ1n) is 6.47. The monoisotopic (exact) mass is 353 g/mol. The van der Waals surface area contributed by atoms with E-state index in [1.807, 2.05) is 50.2 Å². The number of ether oxygens (including phenoxy) is 1. The van der Waals surface area contributed by atoms with Crippen LogP contribution in [0.3, 0.4) is 0 Å². The molecular formula is C16H17BrClNO. The molecule has 1 unspecified atom stereocenters. The lowest BCUT2D eigenvalue weighted by atomic mass is 9.98. The quantitative estimate of drug-likeness (QED) is 0.851. The molecule has 0 amide bonds. The minimum atomic E-state index is -0.255. The number of halogens is 2. The standard InChI is InChI=1S/C16H17BrClNO/c1-3-20-14-8-7-11(9-13(14)17)16(19)12-6-4-5-10(2)15(12)18/h4-9,16H,3,19H2,1-2H3. The number of benzene rings is 2. The maximum atomic E-state index is 6.34. The topological polar surface area (TPSA) is 35.2 Å². The first-order valence-corrected chi connectivity index (χ1v) is 7.64. The smallest absolute Gasteiger partial charge is 0.133 e. The Kier molecular flexibility index (Phi) is 5.08. The molecular weight excluding hydrogens is 338 g/mol. The van der Waals surface area contributed by atoms with Crippen molar-refractivity contribution >= 4 is 27.5 Å². The van der Waals surface area contributed by atoms with Crippen LogP contribution in [0.4, 0.5) is 0 Å². The summed E-state index contributed by atoms with van der Waals surface area (Å²) in [6, 6.07) is 11.5. The van der Waals surface area contributed by atoms with Gasteiger partial charge in [0, 0.05) is 5.02 Å². The van der Waals surface area contributed by atoms with Crippen LogP contribution in [0.2, 0.25) is 5.02 Å². The predicted molar refractivity (Wildman–Crippen MR) is 87.5 cm³/mol. The number of nitrogens with two attached hydrogens (primary N) is 1. The Bertz CT molecular complexity index is 615. The van der Waals surface area contributed by atoms with Crippen molar-refractivity contribution in [2.45, 2.75) is 19.9 Å². The zero-order valence-electron chi connectivity index (χ0n) is 11.5. The summed E-state index contributed by atoms with van der Waals surface area (Å²) in [5.74, 6) is 0.818. The fraction of sp³-hybridized carbons (Fsp3) is 0.250. The van der Waals surface area contributed by atoms with Gasteiger partial charge in [0.05, 0.1) is 17.1 Å². The third-order valence-electron chi connectivity index (χ3n) is 3.17. The van der Waals surface area contributed by atoms with Crippen molar-refractivity contribution in [2.75, 3.05) is 6.61 Å². The minimum Gasteiger partial charge on any atom is -0.493 e. The molecule has 20 heavy (non-hydrogen) atoms. The van der Waals surface area contributed by atoms with Crippen LogP contribution in [0.15, 0.2) is 40.9 Å². The fourth-order valence-corrected chi connectivity index (χ4v) is 2.83. The first kappa shape index (κ1) is 15.4. The molecule has 0 spiro atoms. The van der Waals surface area contributed by atoms with Crippen molar-refractivity contribution in [3.63, 3.8) is 0 Å². The van der Waals surface area contributed by atoms with Crippen LogP contribution in [0.5, 0.6) is 5.75 Å². The van der Waals surface area contributed by atoms with Gasteiger partial charge < -0.3 is 10.5 Å². The molecule has 1 atom stereocenters. The van der Waals surface area contributed by atoms with Crippen molar-refractivity contribution in [2.24, 2.45) is 5.73 Å². The lowest BCUT2D eigenvalue weighted by Crippen LogP contribution is -2.13. The van der Waals surface area contributed by atoms with Gasteiger partial charge >= 0.3 is 0 Å². The zero-order chi connectivity index (χ0) is 14.7. The molecule has 0 aliphatic carbocycles. The largest absolute Gasteiger partial charge is 0.493 e. The molecule has 0 saturated carbocycles. The van der Waals surface area contributed by atoms with Gasteiger partial charge in [-0.15, -0.1) is 0 Å². The third-order valence-corrected chi connectivity index (χ3v) is 4.31. The Morgan fingerprint density at radius 2 is 2.05 bits per heavy atom. The van der Waals surface area contributed by atoms with Crippen molar-refractivity contribution < 1.29 is 4.74 Å². The molecule has 2 aromatic rings. The van der Waals surface area contributed by atoms with Gasteiger partial charge in [-0.2, -0.15) is 0 Å². The average Bonchev–Trinajstić information content (AvgIpc) is 2.43. The Labute approximate surface area is 133 Å². The Hall–Kier alpha value is -1.03. The van der Waals surface area contributed by atoms with Gasteiger partial charge in [-0.3, -0.25) is 0 Å². The van der Waals surface area contributed by atoms with Crippen LogP contribution in [-0.2, 0) is 0 Å². The van der Waals surface area contributed by atoms with Crippen molar-refractivity contribution in [1.82, 2.24) is 0 Å². The molecule has 0 aliphatic rings. The molecule has 4 heteroatoms. The first-order chi connectivity index (χ1) is 9.54. The number of rotatable bonds is 4. The van der Waals surface area contributed by atoms with Crippen molar-refractivity contribution in [1.29, 1.82) is 0 Å². The van der Waals surface area contributed by atoms with Crippen molar-refractivity contribution in [3.05, 3.63) is 62.6 Å². The Morgan fingerprint density at radius 3 is 2.70 bits per heavy atom. The van der Waals surface area contributed by atoms with E-state index in [0.717, 1.165) is 31.9 Å². The summed E-state index contributed by atoms with van der Waals surface area (Å²) in [6.45, 7) is 4.57. The molecule has 0 aliphatic heterocycles. The molecule has 0 radical (unpaired) electrons. The highest BCUT2D eigenvalue weighted by atomic mass is 79.9. The van der Waals surface area contributed by atoms with E-state index < -0.39 is 0 Å². The summed E-state index contributed by atoms with van der Waals surface area (Å²) >= 11 is 9.85. The Morgan fingerprint density at radius 1 is 1.30 bits per heavy atom. The van der Waals surface area contributed by atoms with Crippen LogP contribution < -0.4 is 10.5 Å². The van der Waals surface area contributed by atoms with Crippen LogP contribution in [0.1, 0.15) is 29.7 Å². The molecule has 2 N–H and O–H groups in total. The van der Waals surface area contributed by atoms with Crippen LogP contribution in [0, 0.1) is 6.92 Å². The molecule has 0 fully saturated rings. The maximum Gasteiger partial charge on any atom is 0.133 e. The van der Waals surface area contributed by atoms with E-state index in [0.29, 0.717) is 6.61 Å². The molecule has 106 valence electrons. The van der Waals surface area contributed by atoms with E-state index in [1.165, 1.54) is 0 Å². The molecule has 0 bridgehead atoms. The molecule has 2 aromatic carbocycles. The number of hydrogen-bond donors (Lipinski definition) is 1. The van der Waals surface area contributed by atoms with Gasteiger partial charge in [0.15, 0.2) is 0 Å². The van der Waals surface area contributed by atoms with E-state index in [9.17, 15) is 0 Å². The molecule has 0 heterocycles. The maximum absolute atomic E-state index is 6.34. The Balaban J connectivity index is 2.36. The van der Waals surface area contributed by atoms with E-state index in [-0.39, 0.29) is 6.04 Å². The predicted octanol–water partition coefficient (Wildman–Crippen LogP) is 4.86. The van der Waals surface area contributed by atoms with Gasteiger partial charge in [-0.25, -0.2) is 0 Å². The molecule has 0 aromatic heterocycles. The average molecular weight is 355 g/mol. The number of aryl methyl sites for hydroxylation is 1. The van der Waals surface area contributed by atoms with Gasteiger partial charge in [-0.05, 0) is 58.6 Å². The summed E-state index contributed by atoms with van der Waals surface area (Å²) in [5.41, 5.74) is 9.29. The molecule has 2 nitrogen and oxygen atoms in total. The zero-order valence-corrected chi connectivity index (χ0v) is 13.8. The fourth-order valence-electron chi connectivity index (χ4n) is 2.07. The van der Waals surface area contributed by atoms with Crippen LogP contribution >= 0.6 is 27.5 Å². The van der Waals surface area contributed by atoms with Crippen molar-refractivity contribution in [3.8, 4) is 5.75 Å². The van der Waals surface area contributed by atoms with Gasteiger partial charge in [0.2, 0.25) is 0 Å². The van der Waals surface area contributed by atoms with E-state index in [2.05, 4.69) is 15.9 Å².